The summed E-state index contributed by atoms with van der Waals surface area (Å²) >= 11 is 0. The highest BCUT2D eigenvalue weighted by molar-refractivity contribution is 5.91. The van der Waals surface area contributed by atoms with E-state index in [4.69, 9.17) is 4.74 Å². The number of benzene rings is 1. The topological polar surface area (TPSA) is 50.4 Å². The van der Waals surface area contributed by atoms with E-state index in [1.54, 1.807) is 0 Å². The van der Waals surface area contributed by atoms with Crippen LogP contribution in [0.4, 0.5) is 5.69 Å². The molecule has 4 heteroatoms. The molecule has 1 aromatic rings. The third kappa shape index (κ3) is 7.14. The molecule has 0 spiro atoms. The molecule has 2 N–H and O–H groups in total. The van der Waals surface area contributed by atoms with Crippen LogP contribution in [0, 0.1) is 6.92 Å². The van der Waals surface area contributed by atoms with E-state index in [9.17, 15) is 4.79 Å². The number of rotatable bonds is 8. The highest BCUT2D eigenvalue weighted by atomic mass is 16.5. The molecular weight excluding hydrogens is 264 g/mol. The van der Waals surface area contributed by atoms with Crippen molar-refractivity contribution in [1.29, 1.82) is 0 Å². The van der Waals surface area contributed by atoms with Gasteiger partial charge >= 0.3 is 0 Å². The highest BCUT2D eigenvalue weighted by Gasteiger charge is 2.06. The van der Waals surface area contributed by atoms with Gasteiger partial charge in [0.15, 0.2) is 0 Å². The standard InChI is InChI=1S/C17H28N2O2/c1-12(2)18-10-6-7-17(20)19-16-9-8-15(11-14(16)5)21-13(3)4/h8-9,11-13,18H,6-7,10H2,1-5H3,(H,19,20). The normalized spacial score (nSPS) is 11.0. The summed E-state index contributed by atoms with van der Waals surface area (Å²) in [5, 5.41) is 6.26. The van der Waals surface area contributed by atoms with Crippen LogP contribution in [-0.2, 0) is 4.79 Å². The number of carbonyl (C=O) groups is 1. The second-order valence-corrected chi connectivity index (χ2v) is 5.90. The number of nitrogens with one attached hydrogen (secondary N) is 2. The molecule has 0 atom stereocenters. The summed E-state index contributed by atoms with van der Waals surface area (Å²) in [5.41, 5.74) is 1.87. The third-order valence-electron chi connectivity index (χ3n) is 2.98. The predicted octanol–water partition coefficient (Wildman–Crippen LogP) is 3.50. The molecule has 0 saturated carbocycles. The molecule has 0 aromatic heterocycles. The number of hydrogen-bond donors (Lipinski definition) is 2. The maximum absolute atomic E-state index is 11.9. The van der Waals surface area contributed by atoms with Crippen molar-refractivity contribution in [3.05, 3.63) is 23.8 Å². The molecule has 21 heavy (non-hydrogen) atoms. The minimum Gasteiger partial charge on any atom is -0.491 e. The molecule has 0 aliphatic carbocycles. The minimum atomic E-state index is 0.0567. The van der Waals surface area contributed by atoms with Crippen LogP contribution in [0.1, 0.15) is 46.1 Å². The van der Waals surface area contributed by atoms with Gasteiger partial charge in [0.2, 0.25) is 5.91 Å². The SMILES string of the molecule is Cc1cc(OC(C)C)ccc1NC(=O)CCCNC(C)C. The Bertz CT molecular complexity index is 456. The van der Waals surface area contributed by atoms with Gasteiger partial charge in [-0.25, -0.2) is 0 Å². The number of hydrogen-bond acceptors (Lipinski definition) is 3. The van der Waals surface area contributed by atoms with Crippen molar-refractivity contribution in [2.24, 2.45) is 0 Å². The quantitative estimate of drug-likeness (QED) is 0.721. The van der Waals surface area contributed by atoms with E-state index in [2.05, 4.69) is 24.5 Å². The van der Waals surface area contributed by atoms with Gasteiger partial charge in [0, 0.05) is 18.2 Å². The summed E-state index contributed by atoms with van der Waals surface area (Å²) in [6.07, 6.45) is 1.53. The Balaban J connectivity index is 2.45. The number of amides is 1. The van der Waals surface area contributed by atoms with Crippen molar-refractivity contribution in [2.45, 2.75) is 59.6 Å². The summed E-state index contributed by atoms with van der Waals surface area (Å²) in [5.74, 6) is 0.891. The average molecular weight is 292 g/mol. The lowest BCUT2D eigenvalue weighted by Crippen LogP contribution is -2.24. The summed E-state index contributed by atoms with van der Waals surface area (Å²) in [4.78, 5) is 11.9. The molecule has 0 radical (unpaired) electrons. The first kappa shape index (κ1) is 17.5. The number of aryl methyl sites for hydroxylation is 1. The van der Waals surface area contributed by atoms with E-state index < -0.39 is 0 Å². The molecule has 1 aromatic carbocycles. The first-order valence-corrected chi connectivity index (χ1v) is 7.69. The monoisotopic (exact) mass is 292 g/mol. The second-order valence-electron chi connectivity index (χ2n) is 5.90. The molecule has 0 aliphatic heterocycles. The van der Waals surface area contributed by atoms with Gasteiger partial charge < -0.3 is 15.4 Å². The van der Waals surface area contributed by atoms with Crippen LogP contribution in [0.5, 0.6) is 5.75 Å². The van der Waals surface area contributed by atoms with E-state index in [0.717, 1.165) is 30.0 Å². The molecule has 0 unspecified atom stereocenters. The fourth-order valence-corrected chi connectivity index (χ4v) is 1.97. The molecular formula is C17H28N2O2. The van der Waals surface area contributed by atoms with Crippen LogP contribution >= 0.6 is 0 Å². The van der Waals surface area contributed by atoms with Gasteiger partial charge in [-0.3, -0.25) is 4.79 Å². The summed E-state index contributed by atoms with van der Waals surface area (Å²) in [7, 11) is 0. The van der Waals surface area contributed by atoms with E-state index in [-0.39, 0.29) is 12.0 Å². The first-order chi connectivity index (χ1) is 9.88. The molecule has 118 valence electrons. The molecule has 0 heterocycles. The first-order valence-electron chi connectivity index (χ1n) is 7.69. The van der Waals surface area contributed by atoms with Gasteiger partial charge in [-0.2, -0.15) is 0 Å². The molecule has 0 fully saturated rings. The number of anilines is 1. The second kappa shape index (κ2) is 8.67. The van der Waals surface area contributed by atoms with E-state index in [1.807, 2.05) is 39.0 Å². The largest absolute Gasteiger partial charge is 0.491 e. The summed E-state index contributed by atoms with van der Waals surface area (Å²) in [6, 6.07) is 6.21. The van der Waals surface area contributed by atoms with E-state index in [0.29, 0.717) is 12.5 Å². The van der Waals surface area contributed by atoms with Crippen LogP contribution in [0.3, 0.4) is 0 Å². The molecule has 4 nitrogen and oxygen atoms in total. The summed E-state index contributed by atoms with van der Waals surface area (Å²) < 4.78 is 5.64. The highest BCUT2D eigenvalue weighted by Crippen LogP contribution is 2.22. The van der Waals surface area contributed by atoms with Crippen LogP contribution in [-0.4, -0.2) is 24.6 Å². The summed E-state index contributed by atoms with van der Waals surface area (Å²) in [6.45, 7) is 11.0. The van der Waals surface area contributed by atoms with Crippen LogP contribution in [0.25, 0.3) is 0 Å². The number of ether oxygens (including phenoxy) is 1. The average Bonchev–Trinajstić information content (AvgIpc) is 2.37. The molecule has 0 bridgehead atoms. The van der Waals surface area contributed by atoms with Gasteiger partial charge in [0.1, 0.15) is 5.75 Å². The Morgan fingerprint density at radius 3 is 2.52 bits per heavy atom. The van der Waals surface area contributed by atoms with Crippen LogP contribution in [0.15, 0.2) is 18.2 Å². The van der Waals surface area contributed by atoms with E-state index in [1.165, 1.54) is 0 Å². The molecule has 1 rings (SSSR count). The van der Waals surface area contributed by atoms with Gasteiger partial charge in [0.25, 0.3) is 0 Å². The van der Waals surface area contributed by atoms with Crippen molar-refractivity contribution < 1.29 is 9.53 Å². The number of carbonyl (C=O) groups excluding carboxylic acids is 1. The Hall–Kier alpha value is -1.55. The van der Waals surface area contributed by atoms with Crippen molar-refractivity contribution in [3.8, 4) is 5.75 Å². The zero-order valence-corrected chi connectivity index (χ0v) is 13.8. The fourth-order valence-electron chi connectivity index (χ4n) is 1.97. The Labute approximate surface area is 128 Å². The van der Waals surface area contributed by atoms with Gasteiger partial charge in [-0.15, -0.1) is 0 Å². The Morgan fingerprint density at radius 1 is 1.24 bits per heavy atom. The Morgan fingerprint density at radius 2 is 1.95 bits per heavy atom. The lowest BCUT2D eigenvalue weighted by atomic mass is 10.1. The fraction of sp³-hybridized carbons (Fsp3) is 0.588. The van der Waals surface area contributed by atoms with Crippen molar-refractivity contribution >= 4 is 11.6 Å². The van der Waals surface area contributed by atoms with E-state index >= 15 is 0 Å². The zero-order valence-electron chi connectivity index (χ0n) is 13.8. The van der Waals surface area contributed by atoms with Crippen LogP contribution < -0.4 is 15.4 Å². The molecule has 1 amide bonds. The lowest BCUT2D eigenvalue weighted by molar-refractivity contribution is -0.116. The van der Waals surface area contributed by atoms with Crippen molar-refractivity contribution in [3.63, 3.8) is 0 Å². The molecule has 0 saturated heterocycles. The lowest BCUT2D eigenvalue weighted by Gasteiger charge is -2.13. The maximum Gasteiger partial charge on any atom is 0.224 e. The smallest absolute Gasteiger partial charge is 0.224 e. The van der Waals surface area contributed by atoms with Gasteiger partial charge in [0.05, 0.1) is 6.10 Å². The Kier molecular flexibility index (Phi) is 7.23. The van der Waals surface area contributed by atoms with Crippen molar-refractivity contribution in [1.82, 2.24) is 5.32 Å². The third-order valence-corrected chi connectivity index (χ3v) is 2.98. The zero-order chi connectivity index (χ0) is 15.8. The van der Waals surface area contributed by atoms with Gasteiger partial charge in [-0.05, 0) is 57.5 Å². The molecule has 0 aliphatic rings. The van der Waals surface area contributed by atoms with Crippen molar-refractivity contribution in [2.75, 3.05) is 11.9 Å². The van der Waals surface area contributed by atoms with Crippen LogP contribution in [0.2, 0.25) is 0 Å². The van der Waals surface area contributed by atoms with Gasteiger partial charge in [-0.1, -0.05) is 13.8 Å². The maximum atomic E-state index is 11.9. The minimum absolute atomic E-state index is 0.0567. The predicted molar refractivity (Wildman–Crippen MR) is 87.9 cm³/mol.